The summed E-state index contributed by atoms with van der Waals surface area (Å²) in [5, 5.41) is 0. The molecule has 22 heavy (non-hydrogen) atoms. The molecule has 3 N–H and O–H groups in total. The summed E-state index contributed by atoms with van der Waals surface area (Å²) in [5.74, 6) is -3.38. The van der Waals surface area contributed by atoms with E-state index in [-0.39, 0.29) is 27.8 Å². The Kier molecular flexibility index (Phi) is 6.91. The van der Waals surface area contributed by atoms with Crippen molar-refractivity contribution >= 4 is 32.3 Å². The van der Waals surface area contributed by atoms with Gasteiger partial charge in [0.25, 0.3) is 5.92 Å². The number of nitrogens with two attached hydrogens (primary N) is 1. The van der Waals surface area contributed by atoms with E-state index in [1.165, 1.54) is 19.1 Å². The van der Waals surface area contributed by atoms with E-state index >= 15 is 0 Å². The van der Waals surface area contributed by atoms with Crippen LogP contribution in [-0.4, -0.2) is 42.1 Å². The molecule has 128 valence electrons. The normalized spacial score (nSPS) is 12.8. The quantitative estimate of drug-likeness (QED) is 0.757. The van der Waals surface area contributed by atoms with Gasteiger partial charge in [-0.05, 0) is 24.6 Å². The molecule has 0 saturated heterocycles. The van der Waals surface area contributed by atoms with Gasteiger partial charge in [-0.1, -0.05) is 6.07 Å². The topological polar surface area (TPSA) is 106 Å². The molecule has 0 saturated carbocycles. The Morgan fingerprint density at radius 1 is 1.23 bits per heavy atom. The summed E-state index contributed by atoms with van der Waals surface area (Å²) in [6.45, 7) is -0.728. The van der Waals surface area contributed by atoms with E-state index in [9.17, 15) is 25.6 Å². The predicted molar refractivity (Wildman–Crippen MR) is 80.7 cm³/mol. The van der Waals surface area contributed by atoms with Gasteiger partial charge in [-0.2, -0.15) is 0 Å². The molecule has 0 radical (unpaired) electrons. The minimum atomic E-state index is -4.27. The molecule has 0 atom stereocenters. The van der Waals surface area contributed by atoms with E-state index in [1.807, 2.05) is 0 Å². The molecule has 1 rings (SSSR count). The van der Waals surface area contributed by atoms with Crippen LogP contribution in [0.3, 0.4) is 0 Å². The van der Waals surface area contributed by atoms with Gasteiger partial charge < -0.3 is 5.73 Å². The Morgan fingerprint density at radius 2 is 1.77 bits per heavy atom. The van der Waals surface area contributed by atoms with E-state index < -0.39 is 38.9 Å². The molecule has 0 aliphatic carbocycles. The van der Waals surface area contributed by atoms with Crippen LogP contribution in [0.4, 0.5) is 8.78 Å². The van der Waals surface area contributed by atoms with Crippen LogP contribution in [-0.2, 0) is 19.9 Å². The summed E-state index contributed by atoms with van der Waals surface area (Å²) < 4.78 is 74.7. The van der Waals surface area contributed by atoms with Crippen molar-refractivity contribution in [2.24, 2.45) is 5.73 Å². The molecule has 0 aromatic heterocycles. The van der Waals surface area contributed by atoms with Crippen molar-refractivity contribution in [3.8, 4) is 0 Å². The van der Waals surface area contributed by atoms with Crippen LogP contribution >= 0.6 is 12.4 Å². The van der Waals surface area contributed by atoms with Crippen LogP contribution in [0.25, 0.3) is 0 Å². The number of aryl methyl sites for hydroxylation is 1. The Morgan fingerprint density at radius 3 is 2.23 bits per heavy atom. The molecule has 0 fully saturated rings. The van der Waals surface area contributed by atoms with Crippen LogP contribution in [0.1, 0.15) is 5.56 Å². The number of sulfone groups is 1. The fourth-order valence-electron chi connectivity index (χ4n) is 1.45. The van der Waals surface area contributed by atoms with Crippen LogP contribution in [0, 0.1) is 6.92 Å². The van der Waals surface area contributed by atoms with Crippen LogP contribution in [0.15, 0.2) is 28.0 Å². The molecule has 0 aliphatic rings. The van der Waals surface area contributed by atoms with Gasteiger partial charge in [-0.15, -0.1) is 12.4 Å². The Labute approximate surface area is 134 Å². The van der Waals surface area contributed by atoms with Crippen molar-refractivity contribution in [3.05, 3.63) is 23.8 Å². The molecule has 0 spiro atoms. The van der Waals surface area contributed by atoms with Crippen molar-refractivity contribution < 1.29 is 25.6 Å². The smallest absolute Gasteiger partial charge is 0.273 e. The second-order valence-electron chi connectivity index (χ2n) is 4.58. The van der Waals surface area contributed by atoms with Crippen molar-refractivity contribution in [1.29, 1.82) is 0 Å². The van der Waals surface area contributed by atoms with E-state index in [0.29, 0.717) is 0 Å². The molecule has 0 unspecified atom stereocenters. The summed E-state index contributed by atoms with van der Waals surface area (Å²) in [6, 6.07) is 3.48. The highest BCUT2D eigenvalue weighted by atomic mass is 35.5. The summed E-state index contributed by atoms with van der Waals surface area (Å²) in [5.41, 5.74) is 5.06. The van der Waals surface area contributed by atoms with Crippen molar-refractivity contribution in [3.63, 3.8) is 0 Å². The van der Waals surface area contributed by atoms with Gasteiger partial charge >= 0.3 is 0 Å². The summed E-state index contributed by atoms with van der Waals surface area (Å²) in [6.07, 6.45) is 0.921. The fraction of sp³-hybridized carbons (Fsp3) is 0.455. The standard InChI is InChI=1S/C11H16F2N2O4S2.ClH/c1-8-3-4-9(20(2,16)17)5-10(8)21(18,19)15-7-11(12,13)6-14;/h3-5,15H,6-7,14H2,1-2H3;1H. The summed E-state index contributed by atoms with van der Waals surface area (Å²) >= 11 is 0. The highest BCUT2D eigenvalue weighted by Gasteiger charge is 2.30. The van der Waals surface area contributed by atoms with E-state index in [2.05, 4.69) is 0 Å². The first kappa shape index (κ1) is 21.2. The second kappa shape index (κ2) is 7.18. The Hall–Kier alpha value is -0.810. The fourth-order valence-corrected chi connectivity index (χ4v) is 3.50. The zero-order chi connectivity index (χ0) is 16.5. The summed E-state index contributed by atoms with van der Waals surface area (Å²) in [4.78, 5) is -0.572. The second-order valence-corrected chi connectivity index (χ2v) is 8.34. The number of rotatable bonds is 6. The van der Waals surface area contributed by atoms with Crippen LogP contribution in [0.5, 0.6) is 0 Å². The number of nitrogens with one attached hydrogen (secondary N) is 1. The molecule has 0 bridgehead atoms. The zero-order valence-corrected chi connectivity index (χ0v) is 14.3. The average Bonchev–Trinajstić information content (AvgIpc) is 2.35. The lowest BCUT2D eigenvalue weighted by molar-refractivity contribution is 0.0170. The van der Waals surface area contributed by atoms with Gasteiger partial charge in [0.2, 0.25) is 10.0 Å². The van der Waals surface area contributed by atoms with Gasteiger partial charge in [0.15, 0.2) is 9.84 Å². The van der Waals surface area contributed by atoms with Crippen molar-refractivity contribution in [1.82, 2.24) is 4.72 Å². The number of sulfonamides is 1. The lowest BCUT2D eigenvalue weighted by Gasteiger charge is -2.16. The minimum Gasteiger partial charge on any atom is -0.325 e. The van der Waals surface area contributed by atoms with Crippen LogP contribution < -0.4 is 10.5 Å². The molecular weight excluding hydrogens is 362 g/mol. The SMILES string of the molecule is Cc1ccc(S(C)(=O)=O)cc1S(=O)(=O)NCC(F)(F)CN.Cl. The predicted octanol–water partition coefficient (Wildman–Crippen LogP) is 0.693. The molecule has 0 aliphatic heterocycles. The molecule has 1 aromatic carbocycles. The largest absolute Gasteiger partial charge is 0.325 e. The number of benzene rings is 1. The van der Waals surface area contributed by atoms with Gasteiger partial charge in [0.1, 0.15) is 0 Å². The molecule has 0 amide bonds. The number of alkyl halides is 2. The first-order chi connectivity index (χ1) is 9.39. The molecular formula is C11H17ClF2N2O4S2. The number of halogens is 3. The third-order valence-corrected chi connectivity index (χ3v) is 5.35. The average molecular weight is 379 g/mol. The van der Waals surface area contributed by atoms with Gasteiger partial charge in [0.05, 0.1) is 22.9 Å². The third kappa shape index (κ3) is 5.43. The maximum absolute atomic E-state index is 13.0. The molecule has 0 heterocycles. The van der Waals surface area contributed by atoms with E-state index in [4.69, 9.17) is 5.73 Å². The van der Waals surface area contributed by atoms with E-state index in [1.54, 1.807) is 4.72 Å². The van der Waals surface area contributed by atoms with Gasteiger partial charge in [-0.3, -0.25) is 0 Å². The third-order valence-electron chi connectivity index (χ3n) is 2.70. The van der Waals surface area contributed by atoms with E-state index in [0.717, 1.165) is 12.3 Å². The lowest BCUT2D eigenvalue weighted by Crippen LogP contribution is -2.41. The number of hydrogen-bond donors (Lipinski definition) is 2. The Balaban J connectivity index is 0.00000441. The monoisotopic (exact) mass is 378 g/mol. The highest BCUT2D eigenvalue weighted by molar-refractivity contribution is 7.91. The molecule has 11 heteroatoms. The van der Waals surface area contributed by atoms with Crippen molar-refractivity contribution in [2.45, 2.75) is 22.6 Å². The lowest BCUT2D eigenvalue weighted by atomic mass is 10.2. The number of hydrogen-bond acceptors (Lipinski definition) is 5. The first-order valence-corrected chi connectivity index (χ1v) is 9.15. The molecule has 6 nitrogen and oxygen atoms in total. The van der Waals surface area contributed by atoms with Crippen LogP contribution in [0.2, 0.25) is 0 Å². The first-order valence-electron chi connectivity index (χ1n) is 5.77. The zero-order valence-electron chi connectivity index (χ0n) is 11.8. The maximum Gasteiger partial charge on any atom is 0.273 e. The summed E-state index contributed by atoms with van der Waals surface area (Å²) in [7, 11) is -7.88. The highest BCUT2D eigenvalue weighted by Crippen LogP contribution is 2.21. The van der Waals surface area contributed by atoms with Gasteiger partial charge in [-0.25, -0.2) is 30.3 Å². The van der Waals surface area contributed by atoms with Crippen molar-refractivity contribution in [2.75, 3.05) is 19.3 Å². The maximum atomic E-state index is 13.0. The molecule has 1 aromatic rings. The van der Waals surface area contributed by atoms with Gasteiger partial charge in [0, 0.05) is 6.26 Å². The minimum absolute atomic E-state index is 0. The Bertz CT molecular complexity index is 736.